The van der Waals surface area contributed by atoms with E-state index in [9.17, 15) is 9.59 Å². The largest absolute Gasteiger partial charge is 0.349 e. The van der Waals surface area contributed by atoms with Crippen LogP contribution in [0, 0.1) is 0 Å². The lowest BCUT2D eigenvalue weighted by Crippen LogP contribution is -2.34. The third-order valence-electron chi connectivity index (χ3n) is 2.69. The van der Waals surface area contributed by atoms with Crippen molar-refractivity contribution in [3.63, 3.8) is 0 Å². The standard InChI is InChI=1S/C14H15N3O2/c1-10(7-11-3-2-6-15-8-11)17-14(19)12-4-5-13(18)16-9-12/h2-6,8-10H,7H2,1H3,(H,16,18)(H,17,19)/t10-/m0/s1. The first-order valence-electron chi connectivity index (χ1n) is 6.03. The fourth-order valence-corrected chi connectivity index (χ4v) is 1.78. The molecule has 5 heteroatoms. The van der Waals surface area contributed by atoms with Crippen LogP contribution in [0.5, 0.6) is 0 Å². The van der Waals surface area contributed by atoms with E-state index in [1.807, 2.05) is 19.1 Å². The van der Waals surface area contributed by atoms with E-state index >= 15 is 0 Å². The van der Waals surface area contributed by atoms with Gasteiger partial charge in [-0.2, -0.15) is 0 Å². The second-order valence-electron chi connectivity index (χ2n) is 4.38. The van der Waals surface area contributed by atoms with Crippen LogP contribution >= 0.6 is 0 Å². The highest BCUT2D eigenvalue weighted by Crippen LogP contribution is 2.02. The van der Waals surface area contributed by atoms with Gasteiger partial charge < -0.3 is 10.3 Å². The van der Waals surface area contributed by atoms with Crippen LogP contribution in [0.2, 0.25) is 0 Å². The molecule has 5 nitrogen and oxygen atoms in total. The van der Waals surface area contributed by atoms with E-state index < -0.39 is 0 Å². The van der Waals surface area contributed by atoms with Crippen LogP contribution in [0.4, 0.5) is 0 Å². The van der Waals surface area contributed by atoms with Crippen molar-refractivity contribution in [1.82, 2.24) is 15.3 Å². The van der Waals surface area contributed by atoms with Crippen LogP contribution in [0.3, 0.4) is 0 Å². The van der Waals surface area contributed by atoms with Gasteiger partial charge in [-0.1, -0.05) is 6.07 Å². The van der Waals surface area contributed by atoms with Gasteiger partial charge in [-0.3, -0.25) is 14.6 Å². The molecule has 2 rings (SSSR count). The van der Waals surface area contributed by atoms with Gasteiger partial charge in [0, 0.05) is 30.7 Å². The van der Waals surface area contributed by atoms with Crippen molar-refractivity contribution in [3.05, 3.63) is 64.3 Å². The van der Waals surface area contributed by atoms with Gasteiger partial charge in [-0.25, -0.2) is 0 Å². The number of nitrogens with zero attached hydrogens (tertiary/aromatic N) is 1. The summed E-state index contributed by atoms with van der Waals surface area (Å²) in [4.78, 5) is 29.3. The monoisotopic (exact) mass is 257 g/mol. The highest BCUT2D eigenvalue weighted by atomic mass is 16.2. The van der Waals surface area contributed by atoms with E-state index in [4.69, 9.17) is 0 Å². The van der Waals surface area contributed by atoms with Crippen LogP contribution < -0.4 is 10.9 Å². The molecule has 1 atom stereocenters. The van der Waals surface area contributed by atoms with Gasteiger partial charge in [-0.05, 0) is 31.0 Å². The number of carbonyl (C=O) groups excluding carboxylic acids is 1. The summed E-state index contributed by atoms with van der Waals surface area (Å²) in [6, 6.07) is 6.66. The van der Waals surface area contributed by atoms with Gasteiger partial charge in [0.2, 0.25) is 5.56 Å². The molecule has 0 aliphatic carbocycles. The number of hydrogen-bond acceptors (Lipinski definition) is 3. The van der Waals surface area contributed by atoms with E-state index in [1.165, 1.54) is 18.3 Å². The first-order valence-corrected chi connectivity index (χ1v) is 6.03. The molecule has 2 aromatic heterocycles. The lowest BCUT2D eigenvalue weighted by molar-refractivity contribution is 0.0939. The molecule has 0 bridgehead atoms. The number of hydrogen-bond donors (Lipinski definition) is 2. The number of pyridine rings is 2. The van der Waals surface area contributed by atoms with Gasteiger partial charge in [0.05, 0.1) is 5.56 Å². The number of rotatable bonds is 4. The van der Waals surface area contributed by atoms with Crippen LogP contribution in [0.15, 0.2) is 47.7 Å². The predicted octanol–water partition coefficient (Wildman–Crippen LogP) is 1.13. The minimum absolute atomic E-state index is 0.0105. The Morgan fingerprint density at radius 2 is 2.26 bits per heavy atom. The molecule has 19 heavy (non-hydrogen) atoms. The van der Waals surface area contributed by atoms with Gasteiger partial charge in [-0.15, -0.1) is 0 Å². The van der Waals surface area contributed by atoms with E-state index in [2.05, 4.69) is 15.3 Å². The Bertz CT molecular complexity index is 587. The summed E-state index contributed by atoms with van der Waals surface area (Å²) in [6.07, 6.45) is 5.62. The molecule has 0 unspecified atom stereocenters. The normalized spacial score (nSPS) is 11.8. The lowest BCUT2D eigenvalue weighted by atomic mass is 10.1. The zero-order valence-electron chi connectivity index (χ0n) is 10.6. The number of aromatic nitrogens is 2. The van der Waals surface area contributed by atoms with Gasteiger partial charge in [0.15, 0.2) is 0 Å². The summed E-state index contributed by atoms with van der Waals surface area (Å²) in [6.45, 7) is 1.93. The molecule has 2 aromatic rings. The Labute approximate surface area is 110 Å². The second kappa shape index (κ2) is 5.95. The fraction of sp³-hybridized carbons (Fsp3) is 0.214. The van der Waals surface area contributed by atoms with E-state index in [-0.39, 0.29) is 17.5 Å². The van der Waals surface area contributed by atoms with Crippen molar-refractivity contribution in [1.29, 1.82) is 0 Å². The average molecular weight is 257 g/mol. The van der Waals surface area contributed by atoms with Crippen LogP contribution in [-0.2, 0) is 6.42 Å². The van der Waals surface area contributed by atoms with Crippen molar-refractivity contribution in [3.8, 4) is 0 Å². The quantitative estimate of drug-likeness (QED) is 0.862. The third-order valence-corrected chi connectivity index (χ3v) is 2.69. The maximum Gasteiger partial charge on any atom is 0.252 e. The predicted molar refractivity (Wildman–Crippen MR) is 71.9 cm³/mol. The molecule has 0 fully saturated rings. The third kappa shape index (κ3) is 3.77. The highest BCUT2D eigenvalue weighted by Gasteiger charge is 2.10. The highest BCUT2D eigenvalue weighted by molar-refractivity contribution is 5.93. The Morgan fingerprint density at radius 1 is 1.42 bits per heavy atom. The molecule has 2 N–H and O–H groups in total. The van der Waals surface area contributed by atoms with Gasteiger partial charge in [0.1, 0.15) is 0 Å². The molecule has 0 aliphatic rings. The number of nitrogens with one attached hydrogen (secondary N) is 2. The number of aromatic amines is 1. The van der Waals surface area contributed by atoms with Crippen LogP contribution in [-0.4, -0.2) is 21.9 Å². The molecule has 0 saturated carbocycles. The van der Waals surface area contributed by atoms with Crippen molar-refractivity contribution in [2.24, 2.45) is 0 Å². The second-order valence-corrected chi connectivity index (χ2v) is 4.38. The molecule has 2 heterocycles. The molecule has 0 aliphatic heterocycles. The molecule has 0 saturated heterocycles. The zero-order valence-corrected chi connectivity index (χ0v) is 10.6. The molecule has 0 radical (unpaired) electrons. The van der Waals surface area contributed by atoms with Crippen molar-refractivity contribution >= 4 is 5.91 Å². The molecule has 0 aromatic carbocycles. The van der Waals surface area contributed by atoms with E-state index in [0.717, 1.165) is 5.56 Å². The summed E-state index contributed by atoms with van der Waals surface area (Å²) in [5.41, 5.74) is 1.29. The van der Waals surface area contributed by atoms with Crippen molar-refractivity contribution < 1.29 is 4.79 Å². The van der Waals surface area contributed by atoms with Crippen LogP contribution in [0.1, 0.15) is 22.8 Å². The first-order chi connectivity index (χ1) is 9.15. The number of carbonyl (C=O) groups is 1. The Kier molecular flexibility index (Phi) is 4.07. The molecule has 1 amide bonds. The van der Waals surface area contributed by atoms with Crippen molar-refractivity contribution in [2.45, 2.75) is 19.4 Å². The molecule has 0 spiro atoms. The van der Waals surface area contributed by atoms with Gasteiger partial charge in [0.25, 0.3) is 5.91 Å². The van der Waals surface area contributed by atoms with E-state index in [0.29, 0.717) is 12.0 Å². The summed E-state index contributed by atoms with van der Waals surface area (Å²) >= 11 is 0. The summed E-state index contributed by atoms with van der Waals surface area (Å²) in [7, 11) is 0. The van der Waals surface area contributed by atoms with Crippen molar-refractivity contribution in [2.75, 3.05) is 0 Å². The summed E-state index contributed by atoms with van der Waals surface area (Å²) < 4.78 is 0. The molecule has 98 valence electrons. The molecular formula is C14H15N3O2. The lowest BCUT2D eigenvalue weighted by Gasteiger charge is -2.13. The smallest absolute Gasteiger partial charge is 0.252 e. The van der Waals surface area contributed by atoms with Gasteiger partial charge >= 0.3 is 0 Å². The Morgan fingerprint density at radius 3 is 2.89 bits per heavy atom. The first kappa shape index (κ1) is 13.0. The summed E-state index contributed by atoms with van der Waals surface area (Å²) in [5.74, 6) is -0.201. The Balaban J connectivity index is 1.95. The summed E-state index contributed by atoms with van der Waals surface area (Å²) in [5, 5.41) is 2.88. The average Bonchev–Trinajstić information content (AvgIpc) is 2.40. The van der Waals surface area contributed by atoms with E-state index in [1.54, 1.807) is 12.4 Å². The molecular weight excluding hydrogens is 242 g/mol. The maximum atomic E-state index is 11.9. The Hall–Kier alpha value is -2.43. The SMILES string of the molecule is C[C@@H](Cc1cccnc1)NC(=O)c1ccc(=O)[nH]c1. The van der Waals surface area contributed by atoms with Crippen LogP contribution in [0.25, 0.3) is 0 Å². The number of amides is 1. The topological polar surface area (TPSA) is 74.8 Å². The minimum Gasteiger partial charge on any atom is -0.349 e. The fourth-order valence-electron chi connectivity index (χ4n) is 1.78. The minimum atomic E-state index is -0.222. The zero-order chi connectivity index (χ0) is 13.7. The maximum absolute atomic E-state index is 11.9. The number of H-pyrrole nitrogens is 1.